The standard InChI is InChI=1S/C8H11N3O/c1-5(2)6-10-11-7(12-6)8(9)3-4-8/h1,3-4,9H2,2H3. The maximum atomic E-state index is 5.86. The molecule has 2 rings (SSSR count). The Morgan fingerprint density at radius 2 is 2.25 bits per heavy atom. The van der Waals surface area contributed by atoms with Gasteiger partial charge in [0, 0.05) is 5.57 Å². The van der Waals surface area contributed by atoms with Crippen molar-refractivity contribution in [3.63, 3.8) is 0 Å². The van der Waals surface area contributed by atoms with Crippen LogP contribution in [0.3, 0.4) is 0 Å². The molecule has 0 aliphatic heterocycles. The predicted molar refractivity (Wildman–Crippen MR) is 44.1 cm³/mol. The van der Waals surface area contributed by atoms with Gasteiger partial charge in [0.2, 0.25) is 11.8 Å². The van der Waals surface area contributed by atoms with Gasteiger partial charge in [0.25, 0.3) is 0 Å². The average Bonchev–Trinajstić information content (AvgIpc) is 2.61. The molecule has 1 aromatic rings. The molecule has 1 heterocycles. The van der Waals surface area contributed by atoms with Crippen LogP contribution >= 0.6 is 0 Å². The van der Waals surface area contributed by atoms with Gasteiger partial charge in [0.05, 0.1) is 5.54 Å². The quantitative estimate of drug-likeness (QED) is 0.711. The molecule has 0 aromatic carbocycles. The van der Waals surface area contributed by atoms with Crippen LogP contribution in [-0.4, -0.2) is 10.2 Å². The van der Waals surface area contributed by atoms with E-state index >= 15 is 0 Å². The molecule has 4 heteroatoms. The molecule has 0 saturated heterocycles. The van der Waals surface area contributed by atoms with Crippen molar-refractivity contribution >= 4 is 5.57 Å². The van der Waals surface area contributed by atoms with Crippen LogP contribution in [0.4, 0.5) is 0 Å². The third-order valence-electron chi connectivity index (χ3n) is 2.00. The van der Waals surface area contributed by atoms with E-state index < -0.39 is 0 Å². The summed E-state index contributed by atoms with van der Waals surface area (Å²) in [7, 11) is 0. The number of rotatable bonds is 2. The van der Waals surface area contributed by atoms with Gasteiger partial charge in [-0.15, -0.1) is 10.2 Å². The lowest BCUT2D eigenvalue weighted by atomic mass is 10.3. The van der Waals surface area contributed by atoms with E-state index in [0.29, 0.717) is 11.8 Å². The predicted octanol–water partition coefficient (Wildman–Crippen LogP) is 1.05. The summed E-state index contributed by atoms with van der Waals surface area (Å²) in [4.78, 5) is 0. The van der Waals surface area contributed by atoms with E-state index in [1.54, 1.807) is 0 Å². The molecule has 64 valence electrons. The van der Waals surface area contributed by atoms with E-state index in [4.69, 9.17) is 10.2 Å². The van der Waals surface area contributed by atoms with E-state index in [1.165, 1.54) is 0 Å². The van der Waals surface area contributed by atoms with Gasteiger partial charge in [-0.2, -0.15) is 0 Å². The molecule has 1 aromatic heterocycles. The van der Waals surface area contributed by atoms with Gasteiger partial charge < -0.3 is 10.2 Å². The van der Waals surface area contributed by atoms with Crippen LogP contribution in [0.5, 0.6) is 0 Å². The first-order chi connectivity index (χ1) is 5.62. The molecule has 0 radical (unpaired) electrons. The summed E-state index contributed by atoms with van der Waals surface area (Å²) in [6.07, 6.45) is 1.87. The molecule has 0 amide bonds. The molecule has 1 saturated carbocycles. The number of allylic oxidation sites excluding steroid dienone is 1. The summed E-state index contributed by atoms with van der Waals surface area (Å²) in [5, 5.41) is 7.69. The highest BCUT2D eigenvalue weighted by atomic mass is 16.4. The lowest BCUT2D eigenvalue weighted by molar-refractivity contribution is 0.432. The molecule has 12 heavy (non-hydrogen) atoms. The highest BCUT2D eigenvalue weighted by molar-refractivity contribution is 5.52. The minimum absolute atomic E-state index is 0.333. The topological polar surface area (TPSA) is 64.9 Å². The fraction of sp³-hybridized carbons (Fsp3) is 0.500. The largest absolute Gasteiger partial charge is 0.419 e. The van der Waals surface area contributed by atoms with Crippen molar-refractivity contribution < 1.29 is 4.42 Å². The van der Waals surface area contributed by atoms with Gasteiger partial charge >= 0.3 is 0 Å². The maximum Gasteiger partial charge on any atom is 0.242 e. The van der Waals surface area contributed by atoms with Gasteiger partial charge in [-0.05, 0) is 19.8 Å². The second-order valence-electron chi connectivity index (χ2n) is 3.35. The van der Waals surface area contributed by atoms with Gasteiger partial charge in [0.1, 0.15) is 0 Å². The first kappa shape index (κ1) is 7.49. The van der Waals surface area contributed by atoms with Gasteiger partial charge in [0.15, 0.2) is 0 Å². The van der Waals surface area contributed by atoms with Gasteiger partial charge in [-0.25, -0.2) is 0 Å². The second kappa shape index (κ2) is 2.17. The van der Waals surface area contributed by atoms with E-state index in [9.17, 15) is 0 Å². The SMILES string of the molecule is C=C(C)c1nnc(C2(N)CC2)o1. The van der Waals surface area contributed by atoms with Crippen molar-refractivity contribution in [2.24, 2.45) is 5.73 Å². The zero-order chi connectivity index (χ0) is 8.77. The molecule has 0 atom stereocenters. The van der Waals surface area contributed by atoms with E-state index in [-0.39, 0.29) is 5.54 Å². The van der Waals surface area contributed by atoms with Crippen LogP contribution in [0, 0.1) is 0 Å². The fourth-order valence-electron chi connectivity index (χ4n) is 0.945. The third kappa shape index (κ3) is 1.04. The van der Waals surface area contributed by atoms with Crippen molar-refractivity contribution in [3.8, 4) is 0 Å². The number of aromatic nitrogens is 2. The Hall–Kier alpha value is -1.16. The summed E-state index contributed by atoms with van der Waals surface area (Å²) >= 11 is 0. The zero-order valence-corrected chi connectivity index (χ0v) is 7.00. The molecule has 1 aliphatic rings. The van der Waals surface area contributed by atoms with Crippen molar-refractivity contribution in [3.05, 3.63) is 18.4 Å². The molecule has 1 aliphatic carbocycles. The Morgan fingerprint density at radius 1 is 1.58 bits per heavy atom. The fourth-order valence-corrected chi connectivity index (χ4v) is 0.945. The number of hydrogen-bond acceptors (Lipinski definition) is 4. The smallest absolute Gasteiger partial charge is 0.242 e. The maximum absolute atomic E-state index is 5.86. The first-order valence-electron chi connectivity index (χ1n) is 3.90. The third-order valence-corrected chi connectivity index (χ3v) is 2.00. The number of hydrogen-bond donors (Lipinski definition) is 1. The monoisotopic (exact) mass is 165 g/mol. The normalized spacial score (nSPS) is 19.2. The summed E-state index contributed by atoms with van der Waals surface area (Å²) in [6.45, 7) is 5.53. The Kier molecular flexibility index (Phi) is 1.35. The highest BCUT2D eigenvalue weighted by Crippen LogP contribution is 2.41. The van der Waals surface area contributed by atoms with E-state index in [0.717, 1.165) is 18.4 Å². The molecule has 0 unspecified atom stereocenters. The number of nitrogens with zero attached hydrogens (tertiary/aromatic N) is 2. The second-order valence-corrected chi connectivity index (χ2v) is 3.35. The highest BCUT2D eigenvalue weighted by Gasteiger charge is 2.45. The summed E-state index contributed by atoms with van der Waals surface area (Å²) in [5.41, 5.74) is 6.30. The molecule has 2 N–H and O–H groups in total. The van der Waals surface area contributed by atoms with Crippen LogP contribution in [-0.2, 0) is 5.54 Å². The Morgan fingerprint density at radius 3 is 2.67 bits per heavy atom. The van der Waals surface area contributed by atoms with Crippen LogP contribution in [0.15, 0.2) is 11.0 Å². The minimum atomic E-state index is -0.333. The van der Waals surface area contributed by atoms with Crippen molar-refractivity contribution in [2.45, 2.75) is 25.3 Å². The lowest BCUT2D eigenvalue weighted by Crippen LogP contribution is -2.18. The molecular formula is C8H11N3O. The summed E-state index contributed by atoms with van der Waals surface area (Å²) in [5.74, 6) is 1.03. The van der Waals surface area contributed by atoms with Gasteiger partial charge in [-0.3, -0.25) is 0 Å². The summed E-state index contributed by atoms with van der Waals surface area (Å²) in [6, 6.07) is 0. The van der Waals surface area contributed by atoms with E-state index in [1.807, 2.05) is 6.92 Å². The molecule has 0 spiro atoms. The van der Waals surface area contributed by atoms with Crippen molar-refractivity contribution in [2.75, 3.05) is 0 Å². The van der Waals surface area contributed by atoms with Crippen LogP contribution < -0.4 is 5.73 Å². The average molecular weight is 165 g/mol. The van der Waals surface area contributed by atoms with Crippen LogP contribution in [0.2, 0.25) is 0 Å². The molecule has 1 fully saturated rings. The Labute approximate surface area is 70.5 Å². The minimum Gasteiger partial charge on any atom is -0.419 e. The van der Waals surface area contributed by atoms with Crippen molar-refractivity contribution in [1.29, 1.82) is 0 Å². The lowest BCUT2D eigenvalue weighted by Gasteiger charge is -1.98. The molecule has 0 bridgehead atoms. The molecular weight excluding hydrogens is 154 g/mol. The summed E-state index contributed by atoms with van der Waals surface area (Å²) < 4.78 is 5.33. The van der Waals surface area contributed by atoms with E-state index in [2.05, 4.69) is 16.8 Å². The van der Waals surface area contributed by atoms with Crippen molar-refractivity contribution in [1.82, 2.24) is 10.2 Å². The van der Waals surface area contributed by atoms with Crippen LogP contribution in [0.1, 0.15) is 31.5 Å². The molecule has 4 nitrogen and oxygen atoms in total. The first-order valence-corrected chi connectivity index (χ1v) is 3.90. The Balaban J connectivity index is 2.30. The van der Waals surface area contributed by atoms with Gasteiger partial charge in [-0.1, -0.05) is 6.58 Å². The van der Waals surface area contributed by atoms with Crippen LogP contribution in [0.25, 0.3) is 5.57 Å². The zero-order valence-electron chi connectivity index (χ0n) is 7.00. The Bertz CT molecular complexity index is 325. The number of nitrogens with two attached hydrogens (primary N) is 1.